The van der Waals surface area contributed by atoms with Crippen LogP contribution < -0.4 is 10.0 Å². The highest BCUT2D eigenvalue weighted by Crippen LogP contribution is 2.21. The lowest BCUT2D eigenvalue weighted by molar-refractivity contribution is 0.133. The molecule has 0 radical (unpaired) electrons. The van der Waals surface area contributed by atoms with E-state index in [1.165, 1.54) is 11.3 Å². The van der Waals surface area contributed by atoms with Crippen molar-refractivity contribution in [3.63, 3.8) is 0 Å². The minimum Gasteiger partial charge on any atom is -0.380 e. The first-order valence-corrected chi connectivity index (χ1v) is 9.07. The van der Waals surface area contributed by atoms with E-state index in [0.717, 1.165) is 4.88 Å². The van der Waals surface area contributed by atoms with Gasteiger partial charge in [0.1, 0.15) is 4.21 Å². The van der Waals surface area contributed by atoms with E-state index in [-0.39, 0.29) is 6.04 Å². The minimum atomic E-state index is -3.45. The van der Waals surface area contributed by atoms with Gasteiger partial charge in [0.05, 0.1) is 6.61 Å². The molecule has 0 fully saturated rings. The summed E-state index contributed by atoms with van der Waals surface area (Å²) in [7, 11) is -3.45. The molecule has 1 atom stereocenters. The van der Waals surface area contributed by atoms with E-state index in [2.05, 4.69) is 23.9 Å². The van der Waals surface area contributed by atoms with Gasteiger partial charge in [-0.15, -0.1) is 11.3 Å². The number of hydrogen-bond acceptors (Lipinski definition) is 5. The molecule has 7 heteroatoms. The zero-order chi connectivity index (χ0) is 15.2. The molecule has 1 unspecified atom stereocenters. The fourth-order valence-electron chi connectivity index (χ4n) is 1.55. The van der Waals surface area contributed by atoms with Crippen LogP contribution in [0.1, 0.15) is 32.6 Å². The van der Waals surface area contributed by atoms with Gasteiger partial charge in [-0.1, -0.05) is 13.8 Å². The molecule has 0 aliphatic carbocycles. The van der Waals surface area contributed by atoms with Crippen molar-refractivity contribution in [2.24, 2.45) is 0 Å². The van der Waals surface area contributed by atoms with Crippen LogP contribution in [0.3, 0.4) is 0 Å². The topological polar surface area (TPSA) is 67.4 Å². The van der Waals surface area contributed by atoms with E-state index in [4.69, 9.17) is 4.74 Å². The molecule has 0 saturated carbocycles. The molecule has 5 nitrogen and oxygen atoms in total. The number of thiophene rings is 1. The SMILES string of the molecule is CCOCC(C)NS(=O)(=O)c1ccc(CNC(C)C)s1. The Balaban J connectivity index is 2.63. The Morgan fingerprint density at radius 3 is 2.60 bits per heavy atom. The van der Waals surface area contributed by atoms with Crippen molar-refractivity contribution in [2.75, 3.05) is 13.2 Å². The molecule has 0 aromatic carbocycles. The van der Waals surface area contributed by atoms with Crippen LogP contribution in [0.5, 0.6) is 0 Å². The molecule has 2 N–H and O–H groups in total. The van der Waals surface area contributed by atoms with E-state index in [1.807, 2.05) is 13.0 Å². The van der Waals surface area contributed by atoms with Gasteiger partial charge in [-0.05, 0) is 26.0 Å². The average Bonchev–Trinajstić information content (AvgIpc) is 2.83. The standard InChI is InChI=1S/C13H24N2O3S2/c1-5-18-9-11(4)15-20(16,17)13-7-6-12(19-13)8-14-10(2)3/h6-7,10-11,14-15H,5,8-9H2,1-4H3. The first-order valence-electron chi connectivity index (χ1n) is 6.77. The number of rotatable bonds is 9. The van der Waals surface area contributed by atoms with Gasteiger partial charge in [0.15, 0.2) is 0 Å². The molecule has 1 heterocycles. The Hall–Kier alpha value is -0.470. The summed E-state index contributed by atoms with van der Waals surface area (Å²) in [6.07, 6.45) is 0. The number of hydrogen-bond donors (Lipinski definition) is 2. The molecular formula is C13H24N2O3S2. The highest BCUT2D eigenvalue weighted by molar-refractivity contribution is 7.91. The average molecular weight is 320 g/mol. The van der Waals surface area contributed by atoms with Crippen molar-refractivity contribution in [1.29, 1.82) is 0 Å². The summed E-state index contributed by atoms with van der Waals surface area (Å²) in [5.41, 5.74) is 0. The quantitative estimate of drug-likeness (QED) is 0.730. The largest absolute Gasteiger partial charge is 0.380 e. The molecule has 20 heavy (non-hydrogen) atoms. The van der Waals surface area contributed by atoms with Crippen molar-refractivity contribution in [1.82, 2.24) is 10.0 Å². The molecule has 0 aliphatic heterocycles. The summed E-state index contributed by atoms with van der Waals surface area (Å²) in [5.74, 6) is 0. The number of sulfonamides is 1. The first-order chi connectivity index (χ1) is 9.35. The van der Waals surface area contributed by atoms with Gasteiger partial charge in [0.2, 0.25) is 10.0 Å². The molecule has 1 aromatic rings. The summed E-state index contributed by atoms with van der Waals surface area (Å²) in [6.45, 7) is 9.44. The van der Waals surface area contributed by atoms with E-state index < -0.39 is 10.0 Å². The lowest BCUT2D eigenvalue weighted by Gasteiger charge is -2.12. The van der Waals surface area contributed by atoms with Crippen molar-refractivity contribution < 1.29 is 13.2 Å². The zero-order valence-corrected chi connectivity index (χ0v) is 14.1. The molecule has 0 saturated heterocycles. The lowest BCUT2D eigenvalue weighted by Crippen LogP contribution is -2.35. The van der Waals surface area contributed by atoms with Gasteiger partial charge >= 0.3 is 0 Å². The molecule has 0 spiro atoms. The van der Waals surface area contributed by atoms with Crippen LogP contribution in [-0.2, 0) is 21.3 Å². The predicted molar refractivity (Wildman–Crippen MR) is 82.6 cm³/mol. The van der Waals surface area contributed by atoms with Crippen LogP contribution in [0.4, 0.5) is 0 Å². The Morgan fingerprint density at radius 2 is 2.00 bits per heavy atom. The molecule has 1 rings (SSSR count). The van der Waals surface area contributed by atoms with Crippen LogP contribution in [0, 0.1) is 0 Å². The number of ether oxygens (including phenoxy) is 1. The third-order valence-corrected chi connectivity index (χ3v) is 5.68. The highest BCUT2D eigenvalue weighted by atomic mass is 32.2. The van der Waals surface area contributed by atoms with Crippen LogP contribution >= 0.6 is 11.3 Å². The zero-order valence-electron chi connectivity index (χ0n) is 12.5. The smallest absolute Gasteiger partial charge is 0.250 e. The summed E-state index contributed by atoms with van der Waals surface area (Å²) in [5, 5.41) is 3.27. The summed E-state index contributed by atoms with van der Waals surface area (Å²) in [6, 6.07) is 3.64. The van der Waals surface area contributed by atoms with Crippen molar-refractivity contribution in [2.45, 2.75) is 50.5 Å². The summed E-state index contributed by atoms with van der Waals surface area (Å²) >= 11 is 1.29. The third-order valence-electron chi connectivity index (χ3n) is 2.51. The Bertz CT molecular complexity index is 497. The minimum absolute atomic E-state index is 0.237. The van der Waals surface area contributed by atoms with E-state index in [9.17, 15) is 8.42 Å². The second-order valence-corrected chi connectivity index (χ2v) is 8.05. The van der Waals surface area contributed by atoms with Gasteiger partial charge < -0.3 is 10.1 Å². The van der Waals surface area contributed by atoms with Gasteiger partial charge in [0.25, 0.3) is 0 Å². The van der Waals surface area contributed by atoms with Crippen LogP contribution in [-0.4, -0.2) is 33.7 Å². The normalized spacial score (nSPS) is 13.8. The molecule has 0 bridgehead atoms. The van der Waals surface area contributed by atoms with Gasteiger partial charge in [-0.3, -0.25) is 0 Å². The van der Waals surface area contributed by atoms with Crippen LogP contribution in [0.25, 0.3) is 0 Å². The second-order valence-electron chi connectivity index (χ2n) is 4.94. The monoisotopic (exact) mass is 320 g/mol. The highest BCUT2D eigenvalue weighted by Gasteiger charge is 2.19. The third kappa shape index (κ3) is 5.88. The first kappa shape index (κ1) is 17.6. The molecule has 1 aromatic heterocycles. The van der Waals surface area contributed by atoms with E-state index in [1.54, 1.807) is 13.0 Å². The van der Waals surface area contributed by atoms with Crippen molar-refractivity contribution in [3.05, 3.63) is 17.0 Å². The number of nitrogens with one attached hydrogen (secondary N) is 2. The molecule has 116 valence electrons. The van der Waals surface area contributed by atoms with Gasteiger partial charge in [0, 0.05) is 30.1 Å². The summed E-state index contributed by atoms with van der Waals surface area (Å²) in [4.78, 5) is 1.01. The molecule has 0 aliphatic rings. The van der Waals surface area contributed by atoms with E-state index in [0.29, 0.717) is 30.0 Å². The van der Waals surface area contributed by atoms with Gasteiger partial charge in [-0.2, -0.15) is 0 Å². The Morgan fingerprint density at radius 1 is 1.30 bits per heavy atom. The van der Waals surface area contributed by atoms with Crippen molar-refractivity contribution in [3.8, 4) is 0 Å². The fraction of sp³-hybridized carbons (Fsp3) is 0.692. The Kier molecular flexibility index (Phi) is 7.11. The van der Waals surface area contributed by atoms with E-state index >= 15 is 0 Å². The van der Waals surface area contributed by atoms with Crippen LogP contribution in [0.15, 0.2) is 16.3 Å². The molecular weight excluding hydrogens is 296 g/mol. The maximum absolute atomic E-state index is 12.2. The second kappa shape index (κ2) is 8.09. The maximum atomic E-state index is 12.2. The Labute approximate surface area is 125 Å². The maximum Gasteiger partial charge on any atom is 0.250 e. The fourth-order valence-corrected chi connectivity index (χ4v) is 4.11. The van der Waals surface area contributed by atoms with Gasteiger partial charge in [-0.25, -0.2) is 13.1 Å². The van der Waals surface area contributed by atoms with Crippen LogP contribution in [0.2, 0.25) is 0 Å². The molecule has 0 amide bonds. The summed E-state index contributed by atoms with van der Waals surface area (Å²) < 4.78 is 32.5. The lowest BCUT2D eigenvalue weighted by atomic mass is 10.4. The predicted octanol–water partition coefficient (Wildman–Crippen LogP) is 1.95. The van der Waals surface area contributed by atoms with Crippen molar-refractivity contribution >= 4 is 21.4 Å².